The van der Waals surface area contributed by atoms with Gasteiger partial charge in [-0.25, -0.2) is 5.10 Å². The molecule has 1 aliphatic rings. The summed E-state index contributed by atoms with van der Waals surface area (Å²) in [5.74, 6) is 1.93. The van der Waals surface area contributed by atoms with Crippen molar-refractivity contribution in [3.05, 3.63) is 64.3 Å². The summed E-state index contributed by atoms with van der Waals surface area (Å²) in [6, 6.07) is 12.8. The van der Waals surface area contributed by atoms with Crippen molar-refractivity contribution in [1.82, 2.24) is 25.7 Å². The molecule has 11 nitrogen and oxygen atoms in total. The van der Waals surface area contributed by atoms with Crippen molar-refractivity contribution < 1.29 is 19.2 Å². The minimum absolute atomic E-state index is 0.0550. The van der Waals surface area contributed by atoms with E-state index < -0.39 is 6.10 Å². The third-order valence-electron chi connectivity index (χ3n) is 5.72. The lowest BCUT2D eigenvalue weighted by Gasteiger charge is -2.14. The Morgan fingerprint density at radius 1 is 1.17 bits per heavy atom. The van der Waals surface area contributed by atoms with E-state index >= 15 is 0 Å². The van der Waals surface area contributed by atoms with Crippen molar-refractivity contribution in [1.29, 1.82) is 0 Å². The van der Waals surface area contributed by atoms with Crippen LogP contribution >= 0.6 is 0 Å². The predicted octanol–water partition coefficient (Wildman–Crippen LogP) is 1.43. The summed E-state index contributed by atoms with van der Waals surface area (Å²) in [6.07, 6.45) is 0.429. The summed E-state index contributed by atoms with van der Waals surface area (Å²) in [5, 5.41) is 27.5. The molecule has 1 amide bonds. The van der Waals surface area contributed by atoms with Crippen LogP contribution in [-0.4, -0.2) is 57.2 Å². The van der Waals surface area contributed by atoms with Gasteiger partial charge >= 0.3 is 0 Å². The molecule has 1 atom stereocenters. The molecule has 4 aromatic rings. The number of carbonyl (C=O) groups is 1. The van der Waals surface area contributed by atoms with E-state index in [1.165, 1.54) is 0 Å². The number of benzene rings is 2. The number of aliphatic hydroxyl groups excluding tert-OH is 1. The molecular weight excluding hydrogens is 452 g/mol. The number of amides is 1. The predicted molar refractivity (Wildman–Crippen MR) is 127 cm³/mol. The van der Waals surface area contributed by atoms with Crippen LogP contribution in [0.1, 0.15) is 17.9 Å². The summed E-state index contributed by atoms with van der Waals surface area (Å²) >= 11 is 0. The first-order chi connectivity index (χ1) is 17.1. The molecule has 0 radical (unpaired) electrons. The van der Waals surface area contributed by atoms with Crippen LogP contribution in [0.15, 0.2) is 51.8 Å². The lowest BCUT2D eigenvalue weighted by atomic mass is 10.1. The van der Waals surface area contributed by atoms with Crippen LogP contribution < -0.4 is 20.9 Å². The monoisotopic (exact) mass is 476 g/mol. The Balaban J connectivity index is 1.08. The van der Waals surface area contributed by atoms with E-state index in [9.17, 15) is 14.7 Å². The molecule has 1 unspecified atom stereocenters. The zero-order chi connectivity index (χ0) is 24.2. The summed E-state index contributed by atoms with van der Waals surface area (Å²) in [7, 11) is 0. The number of carbonyl (C=O) groups excluding carboxylic acids is 1. The fourth-order valence-electron chi connectivity index (χ4n) is 3.88. The molecule has 1 aliphatic heterocycles. The lowest BCUT2D eigenvalue weighted by molar-refractivity contribution is -0.121. The van der Waals surface area contributed by atoms with Gasteiger partial charge in [0, 0.05) is 43.3 Å². The van der Waals surface area contributed by atoms with Gasteiger partial charge in [-0.2, -0.15) is 10.1 Å². The number of anilines is 1. The Bertz CT molecular complexity index is 1420. The van der Waals surface area contributed by atoms with Crippen molar-refractivity contribution in [2.75, 3.05) is 25.0 Å². The lowest BCUT2D eigenvalue weighted by Crippen LogP contribution is -2.36. The number of aryl methyl sites for hydroxylation is 1. The van der Waals surface area contributed by atoms with Crippen LogP contribution in [0.5, 0.6) is 5.75 Å². The average Bonchev–Trinajstić information content (AvgIpc) is 3.55. The van der Waals surface area contributed by atoms with Gasteiger partial charge in [-0.05, 0) is 29.8 Å². The molecular formula is C24H24N6O5. The van der Waals surface area contributed by atoms with Crippen LogP contribution in [0, 0.1) is 0 Å². The molecule has 0 bridgehead atoms. The van der Waals surface area contributed by atoms with E-state index in [1.807, 2.05) is 18.2 Å². The zero-order valence-corrected chi connectivity index (χ0v) is 18.8. The number of aromatic nitrogens is 4. The first kappa shape index (κ1) is 22.5. The topological polar surface area (TPSA) is 155 Å². The molecule has 2 aromatic heterocycles. The smallest absolute Gasteiger partial charge is 0.272 e. The van der Waals surface area contributed by atoms with Crippen molar-refractivity contribution in [3.63, 3.8) is 0 Å². The average molecular weight is 476 g/mol. The number of H-pyrrole nitrogens is 1. The third kappa shape index (κ3) is 5.14. The van der Waals surface area contributed by atoms with Crippen LogP contribution in [0.25, 0.3) is 22.2 Å². The number of nitrogens with one attached hydrogen (secondary N) is 3. The number of nitrogens with zero attached hydrogens (tertiary/aromatic N) is 3. The molecule has 2 aromatic carbocycles. The second kappa shape index (κ2) is 9.94. The Morgan fingerprint density at radius 2 is 2.03 bits per heavy atom. The molecule has 0 aliphatic carbocycles. The first-order valence-corrected chi connectivity index (χ1v) is 11.3. The number of rotatable bonds is 9. The highest BCUT2D eigenvalue weighted by molar-refractivity contribution is 5.90. The second-order valence-electron chi connectivity index (χ2n) is 8.22. The maximum atomic E-state index is 12.2. The standard InChI is InChI=1S/C24H24N6O5/c31-16(13-26-23-17-3-1-2-4-18(17)24(33)29-28-23)12-25-20(32)7-8-21-27-22(30-35-21)15-5-6-19-14(11-15)9-10-34-19/h1-6,11,16,31H,7-10,12-13H2,(H,25,32)(H,26,28)(H,29,33). The number of fused-ring (bicyclic) bond motifs is 2. The molecule has 0 saturated heterocycles. The van der Waals surface area contributed by atoms with Crippen LogP contribution in [0.4, 0.5) is 5.82 Å². The van der Waals surface area contributed by atoms with E-state index in [4.69, 9.17) is 9.26 Å². The summed E-state index contributed by atoms with van der Waals surface area (Å²) in [4.78, 5) is 28.5. The fraction of sp³-hybridized carbons (Fsp3) is 0.292. The van der Waals surface area contributed by atoms with E-state index in [0.717, 1.165) is 23.3 Å². The molecule has 3 heterocycles. The highest BCUT2D eigenvalue weighted by Gasteiger charge is 2.16. The maximum absolute atomic E-state index is 12.2. The molecule has 0 saturated carbocycles. The number of aliphatic hydroxyl groups is 1. The van der Waals surface area contributed by atoms with Crippen molar-refractivity contribution in [2.24, 2.45) is 0 Å². The molecule has 0 fully saturated rings. The van der Waals surface area contributed by atoms with Gasteiger partial charge in [0.2, 0.25) is 17.6 Å². The summed E-state index contributed by atoms with van der Waals surface area (Å²) in [5.41, 5.74) is 1.68. The SMILES string of the molecule is O=C(CCc1nc(-c2ccc3c(c2)CCO3)no1)NCC(O)CNc1n[nH]c(=O)c2ccccc12. The third-order valence-corrected chi connectivity index (χ3v) is 5.72. The van der Waals surface area contributed by atoms with Crippen LogP contribution in [0.3, 0.4) is 0 Å². The highest BCUT2D eigenvalue weighted by atomic mass is 16.5. The largest absolute Gasteiger partial charge is 0.493 e. The van der Waals surface area contributed by atoms with Gasteiger partial charge < -0.3 is 25.0 Å². The normalized spacial score (nSPS) is 13.3. The summed E-state index contributed by atoms with van der Waals surface area (Å²) < 4.78 is 10.8. The van der Waals surface area contributed by atoms with Crippen LogP contribution in [0.2, 0.25) is 0 Å². The quantitative estimate of drug-likeness (QED) is 0.281. The molecule has 180 valence electrons. The van der Waals surface area contributed by atoms with E-state index in [-0.39, 0.29) is 37.4 Å². The maximum Gasteiger partial charge on any atom is 0.272 e. The molecule has 0 spiro atoms. The van der Waals surface area contributed by atoms with Crippen molar-refractivity contribution >= 4 is 22.5 Å². The van der Waals surface area contributed by atoms with Crippen molar-refractivity contribution in [2.45, 2.75) is 25.4 Å². The second-order valence-corrected chi connectivity index (χ2v) is 8.22. The van der Waals surface area contributed by atoms with Crippen LogP contribution in [-0.2, 0) is 17.6 Å². The van der Waals surface area contributed by atoms with E-state index in [0.29, 0.717) is 34.9 Å². The molecule has 4 N–H and O–H groups in total. The Hall–Kier alpha value is -4.25. The van der Waals surface area contributed by atoms with E-state index in [1.54, 1.807) is 24.3 Å². The van der Waals surface area contributed by atoms with E-state index in [2.05, 4.69) is 31.0 Å². The minimum atomic E-state index is -0.856. The van der Waals surface area contributed by atoms with Gasteiger partial charge in [0.15, 0.2) is 5.82 Å². The molecule has 11 heteroatoms. The molecule has 5 rings (SSSR count). The van der Waals surface area contributed by atoms with Gasteiger partial charge in [0.1, 0.15) is 5.75 Å². The van der Waals surface area contributed by atoms with Gasteiger partial charge in [0.05, 0.1) is 18.1 Å². The number of hydrogen-bond donors (Lipinski definition) is 4. The number of hydrogen-bond acceptors (Lipinski definition) is 9. The number of ether oxygens (including phenoxy) is 1. The molecule has 35 heavy (non-hydrogen) atoms. The Labute approximate surface area is 199 Å². The van der Waals surface area contributed by atoms with Gasteiger partial charge in [0.25, 0.3) is 5.56 Å². The Morgan fingerprint density at radius 3 is 2.91 bits per heavy atom. The minimum Gasteiger partial charge on any atom is -0.493 e. The van der Waals surface area contributed by atoms with Crippen molar-refractivity contribution in [3.8, 4) is 17.1 Å². The summed E-state index contributed by atoms with van der Waals surface area (Å²) in [6.45, 7) is 0.874. The fourth-order valence-corrected chi connectivity index (χ4v) is 3.88. The Kier molecular flexibility index (Phi) is 6.40. The first-order valence-electron chi connectivity index (χ1n) is 11.3. The zero-order valence-electron chi connectivity index (χ0n) is 18.8. The van der Waals surface area contributed by atoms with Gasteiger partial charge in [-0.3, -0.25) is 9.59 Å². The highest BCUT2D eigenvalue weighted by Crippen LogP contribution is 2.29. The van der Waals surface area contributed by atoms with Gasteiger partial charge in [-0.1, -0.05) is 23.4 Å². The van der Waals surface area contributed by atoms with Gasteiger partial charge in [-0.15, -0.1) is 0 Å². The number of aromatic amines is 1.